The van der Waals surface area contributed by atoms with E-state index in [4.69, 9.17) is 11.6 Å². The third kappa shape index (κ3) is 5.05. The fourth-order valence-corrected chi connectivity index (χ4v) is 4.91. The van der Waals surface area contributed by atoms with Gasteiger partial charge in [0.2, 0.25) is 10.0 Å². The monoisotopic (exact) mass is 491 g/mol. The number of benzene rings is 2. The Morgan fingerprint density at radius 1 is 1.00 bits per heavy atom. The predicted octanol–water partition coefficient (Wildman–Crippen LogP) is 3.32. The number of nitrogens with zero attached hydrogens (tertiary/aromatic N) is 1. The summed E-state index contributed by atoms with van der Waals surface area (Å²) in [5, 5.41) is 16.2. The maximum Gasteiger partial charge on any atom is 0.253 e. The van der Waals surface area contributed by atoms with Crippen LogP contribution in [0.15, 0.2) is 56.9 Å². The average Bonchev–Trinajstić information content (AvgIpc) is 2.74. The Morgan fingerprint density at radius 3 is 2.21 bits per heavy atom. The fourth-order valence-electron chi connectivity index (χ4n) is 3.43. The van der Waals surface area contributed by atoms with Gasteiger partial charge in [-0.1, -0.05) is 55.8 Å². The molecule has 0 saturated heterocycles. The molecule has 0 atom stereocenters. The second-order valence-electron chi connectivity index (χ2n) is 8.77. The molecule has 10 heteroatoms. The van der Waals surface area contributed by atoms with Crippen molar-refractivity contribution in [3.05, 3.63) is 73.5 Å². The molecule has 0 saturated carbocycles. The van der Waals surface area contributed by atoms with Gasteiger partial charge in [0.1, 0.15) is 16.3 Å². The van der Waals surface area contributed by atoms with Gasteiger partial charge in [0.15, 0.2) is 5.75 Å². The molecule has 3 N–H and O–H groups in total. The topological polar surface area (TPSA) is 116 Å². The zero-order chi connectivity index (χ0) is 24.6. The number of aromatic hydroxyl groups is 1. The van der Waals surface area contributed by atoms with Crippen LogP contribution in [0.5, 0.6) is 5.75 Å². The molecule has 3 rings (SSSR count). The number of anilines is 3. The lowest BCUT2D eigenvalue weighted by atomic mass is 9.85. The Morgan fingerprint density at radius 2 is 1.61 bits per heavy atom. The van der Waals surface area contributed by atoms with Gasteiger partial charge in [0.25, 0.3) is 10.9 Å². The summed E-state index contributed by atoms with van der Waals surface area (Å²) >= 11 is 6.02. The highest BCUT2D eigenvalue weighted by Crippen LogP contribution is 2.39. The summed E-state index contributed by atoms with van der Waals surface area (Å²) in [6, 6.07) is 12.5. The second kappa shape index (κ2) is 9.17. The average molecular weight is 492 g/mol. The Bertz CT molecular complexity index is 1340. The minimum absolute atomic E-state index is 0.0404. The highest BCUT2D eigenvalue weighted by atomic mass is 35.5. The van der Waals surface area contributed by atoms with E-state index in [1.165, 1.54) is 26.2 Å². The molecule has 0 fully saturated rings. The summed E-state index contributed by atoms with van der Waals surface area (Å²) in [6.45, 7) is 4.48. The molecule has 0 amide bonds. The molecule has 0 aliphatic carbocycles. The lowest BCUT2D eigenvalue weighted by Crippen LogP contribution is -2.39. The third-order valence-electron chi connectivity index (χ3n) is 5.26. The van der Waals surface area contributed by atoms with Crippen LogP contribution in [0.1, 0.15) is 19.4 Å². The summed E-state index contributed by atoms with van der Waals surface area (Å²) in [7, 11) is -1.44. The molecule has 3 aromatic carbocycles. The smallest absolute Gasteiger partial charge is 0.253 e. The quantitative estimate of drug-likeness (QED) is 0.310. The van der Waals surface area contributed by atoms with Gasteiger partial charge in [0, 0.05) is 20.6 Å². The number of rotatable bonds is 9. The summed E-state index contributed by atoms with van der Waals surface area (Å²) < 4.78 is 26.0. The van der Waals surface area contributed by atoms with E-state index < -0.39 is 31.5 Å². The molecule has 0 aliphatic heterocycles. The highest BCUT2D eigenvalue weighted by Gasteiger charge is 2.29. The maximum absolute atomic E-state index is 12.5. The first kappa shape index (κ1) is 24.8. The molecule has 3 aromatic rings. The minimum atomic E-state index is -4.05. The van der Waals surface area contributed by atoms with E-state index in [0.717, 1.165) is 16.3 Å². The van der Waals surface area contributed by atoms with Crippen LogP contribution in [0.25, 0.3) is 0 Å². The van der Waals surface area contributed by atoms with Crippen LogP contribution in [0, 0.1) is 5.41 Å². The molecule has 0 unspecified atom stereocenters. The Hall–Kier alpha value is -2.88. The number of sulfonamides is 1. The van der Waals surface area contributed by atoms with Crippen molar-refractivity contribution in [2.45, 2.75) is 25.2 Å². The normalized spacial score (nSPS) is 12.3. The molecule has 0 aromatic heterocycles. The predicted molar refractivity (Wildman–Crippen MR) is 131 cm³/mol. The van der Waals surface area contributed by atoms with Crippen LogP contribution in [0.4, 0.5) is 17.1 Å². The van der Waals surface area contributed by atoms with Gasteiger partial charge in [-0.25, -0.2) is 12.7 Å². The van der Waals surface area contributed by atoms with E-state index >= 15 is 0 Å². The van der Waals surface area contributed by atoms with Crippen molar-refractivity contribution >= 4 is 38.7 Å². The molecular formula is C23H26ClN3O5S. The van der Waals surface area contributed by atoms with Crippen molar-refractivity contribution in [2.75, 3.05) is 31.3 Å². The Kier molecular flexibility index (Phi) is 6.88. The summed E-state index contributed by atoms with van der Waals surface area (Å²) in [6.07, 6.45) is 0.753. The fraction of sp³-hybridized carbons (Fsp3) is 0.304. The van der Waals surface area contributed by atoms with Gasteiger partial charge < -0.3 is 15.7 Å². The van der Waals surface area contributed by atoms with E-state index in [2.05, 4.69) is 10.6 Å². The van der Waals surface area contributed by atoms with E-state index in [9.17, 15) is 23.1 Å². The van der Waals surface area contributed by atoms with Crippen LogP contribution >= 0.6 is 11.6 Å². The highest BCUT2D eigenvalue weighted by molar-refractivity contribution is 7.89. The molecule has 176 valence electrons. The number of phenols is 1. The minimum Gasteiger partial charge on any atom is -0.504 e. The molecule has 0 aliphatic rings. The van der Waals surface area contributed by atoms with Crippen molar-refractivity contribution < 1.29 is 13.5 Å². The first-order chi connectivity index (χ1) is 15.3. The van der Waals surface area contributed by atoms with E-state index in [-0.39, 0.29) is 27.5 Å². The second-order valence-corrected chi connectivity index (χ2v) is 11.3. The molecule has 0 heterocycles. The number of hydrogen-bond donors (Lipinski definition) is 3. The van der Waals surface area contributed by atoms with Crippen LogP contribution in [0.3, 0.4) is 0 Å². The third-order valence-corrected chi connectivity index (χ3v) is 7.58. The van der Waals surface area contributed by atoms with E-state index in [1.807, 2.05) is 44.2 Å². The van der Waals surface area contributed by atoms with Crippen molar-refractivity contribution in [1.82, 2.24) is 4.31 Å². The molecule has 33 heavy (non-hydrogen) atoms. The molecule has 8 nitrogen and oxygen atoms in total. The van der Waals surface area contributed by atoms with Gasteiger partial charge in [-0.3, -0.25) is 9.59 Å². The van der Waals surface area contributed by atoms with Gasteiger partial charge in [0.05, 0.1) is 10.7 Å². The van der Waals surface area contributed by atoms with Gasteiger partial charge in [-0.15, -0.1) is 0 Å². The Balaban J connectivity index is 1.84. The lowest BCUT2D eigenvalue weighted by Gasteiger charge is -2.27. The van der Waals surface area contributed by atoms with Crippen molar-refractivity contribution in [3.63, 3.8) is 0 Å². The first-order valence-corrected chi connectivity index (χ1v) is 12.0. The molecule has 0 radical (unpaired) electrons. The van der Waals surface area contributed by atoms with Crippen LogP contribution in [0.2, 0.25) is 5.02 Å². The zero-order valence-corrected chi connectivity index (χ0v) is 20.3. The summed E-state index contributed by atoms with van der Waals surface area (Å²) in [5.74, 6) is -0.639. The van der Waals surface area contributed by atoms with Crippen molar-refractivity contribution in [3.8, 4) is 5.75 Å². The number of nitrogens with one attached hydrogen (secondary N) is 2. The maximum atomic E-state index is 12.5. The zero-order valence-electron chi connectivity index (χ0n) is 18.8. The first-order valence-electron chi connectivity index (χ1n) is 10.2. The largest absolute Gasteiger partial charge is 0.504 e. The standard InChI is InChI=1S/C23H26ClN3O5S/c1-23(2,12-14-8-6-5-7-9-14)13-25-17-18(21(30)20(17)29)26-16-11-10-15(24)22(19(16)28)33(31,32)27(3)4/h5-11,25-26,28H,12-13H2,1-4H3. The number of halogens is 1. The van der Waals surface area contributed by atoms with Crippen molar-refractivity contribution in [2.24, 2.45) is 5.41 Å². The van der Waals surface area contributed by atoms with Crippen LogP contribution in [-0.4, -0.2) is 38.5 Å². The Labute approximate surface area is 197 Å². The van der Waals surface area contributed by atoms with Crippen molar-refractivity contribution in [1.29, 1.82) is 0 Å². The number of phenolic OH excluding ortho intramolecular Hbond substituents is 1. The van der Waals surface area contributed by atoms with Crippen LogP contribution in [-0.2, 0) is 16.4 Å². The van der Waals surface area contributed by atoms with E-state index in [0.29, 0.717) is 6.54 Å². The van der Waals surface area contributed by atoms with E-state index in [1.54, 1.807) is 0 Å². The van der Waals surface area contributed by atoms with Gasteiger partial charge in [-0.2, -0.15) is 0 Å². The lowest BCUT2D eigenvalue weighted by molar-refractivity contribution is 0.389. The molecule has 0 bridgehead atoms. The molecule has 0 spiro atoms. The number of hydrogen-bond acceptors (Lipinski definition) is 7. The SMILES string of the molecule is CN(C)S(=O)(=O)c1c(Cl)ccc(Nc2c(NCC(C)(C)Cc3ccccc3)c(=O)c2=O)c1O. The summed E-state index contributed by atoms with van der Waals surface area (Å²) in [5.41, 5.74) is -0.527. The van der Waals surface area contributed by atoms with Crippen LogP contribution < -0.4 is 21.5 Å². The van der Waals surface area contributed by atoms with Gasteiger partial charge >= 0.3 is 0 Å². The molecular weight excluding hydrogens is 466 g/mol. The summed E-state index contributed by atoms with van der Waals surface area (Å²) in [4.78, 5) is 23.9. The van der Waals surface area contributed by atoms with Gasteiger partial charge in [-0.05, 0) is 29.5 Å².